The van der Waals surface area contributed by atoms with Gasteiger partial charge in [0, 0.05) is 12.8 Å². The molecule has 0 aromatic rings. The van der Waals surface area contributed by atoms with Crippen molar-refractivity contribution in [3.05, 3.63) is 48.6 Å². The Morgan fingerprint density at radius 3 is 1.14 bits per heavy atom. The maximum Gasteiger partial charge on any atom is 0.305 e. The van der Waals surface area contributed by atoms with Gasteiger partial charge in [-0.15, -0.1) is 0 Å². The number of amides is 1. The highest BCUT2D eigenvalue weighted by Gasteiger charge is 2.18. The zero-order valence-corrected chi connectivity index (χ0v) is 46.7. The third kappa shape index (κ3) is 55.1. The first-order valence-corrected chi connectivity index (χ1v) is 30.9. The van der Waals surface area contributed by atoms with Crippen LogP contribution in [-0.4, -0.2) is 47.4 Å². The second-order valence-corrected chi connectivity index (χ2v) is 21.0. The molecule has 410 valence electrons. The SMILES string of the molecule is CCCC/C=C\C/C=C\CCCCCCCC(=O)OCCCCCCCCCCCCCC/C=C\CCCCCCCCCCC(=O)NC(CO)C(O)/C=C/CCCCCCCCCCCCCCC. The molecular formula is C64H119NO5. The average molecular weight is 983 g/mol. The smallest absolute Gasteiger partial charge is 0.305 e. The summed E-state index contributed by atoms with van der Waals surface area (Å²) < 4.78 is 5.47. The number of esters is 1. The van der Waals surface area contributed by atoms with Crippen LogP contribution in [0.2, 0.25) is 0 Å². The molecule has 0 saturated carbocycles. The zero-order chi connectivity index (χ0) is 50.7. The van der Waals surface area contributed by atoms with Crippen molar-refractivity contribution < 1.29 is 24.5 Å². The third-order valence-corrected chi connectivity index (χ3v) is 14.1. The van der Waals surface area contributed by atoms with E-state index in [-0.39, 0.29) is 18.5 Å². The normalized spacial score (nSPS) is 12.9. The zero-order valence-electron chi connectivity index (χ0n) is 46.7. The lowest BCUT2D eigenvalue weighted by atomic mass is 10.0. The minimum absolute atomic E-state index is 0.00298. The number of hydrogen-bond acceptors (Lipinski definition) is 5. The van der Waals surface area contributed by atoms with Crippen LogP contribution in [-0.2, 0) is 14.3 Å². The molecule has 2 atom stereocenters. The van der Waals surface area contributed by atoms with Gasteiger partial charge in [-0.05, 0) is 83.5 Å². The lowest BCUT2D eigenvalue weighted by Crippen LogP contribution is -2.45. The molecular weight excluding hydrogens is 863 g/mol. The molecule has 0 saturated heterocycles. The number of allylic oxidation sites excluding steroid dienone is 7. The van der Waals surface area contributed by atoms with Gasteiger partial charge in [0.25, 0.3) is 0 Å². The number of aliphatic hydroxyl groups is 2. The molecule has 6 heteroatoms. The van der Waals surface area contributed by atoms with Crippen LogP contribution in [0.25, 0.3) is 0 Å². The van der Waals surface area contributed by atoms with Gasteiger partial charge < -0.3 is 20.3 Å². The van der Waals surface area contributed by atoms with E-state index in [1.165, 1.54) is 244 Å². The molecule has 2 unspecified atom stereocenters. The predicted molar refractivity (Wildman–Crippen MR) is 306 cm³/mol. The van der Waals surface area contributed by atoms with Crippen molar-refractivity contribution >= 4 is 11.9 Å². The van der Waals surface area contributed by atoms with Crippen molar-refractivity contribution in [3.8, 4) is 0 Å². The Balaban J connectivity index is 3.43. The minimum Gasteiger partial charge on any atom is -0.466 e. The number of nitrogens with one attached hydrogen (secondary N) is 1. The molecule has 0 aliphatic rings. The molecule has 0 bridgehead atoms. The molecule has 0 radical (unpaired) electrons. The Bertz CT molecular complexity index is 1180. The molecule has 6 nitrogen and oxygen atoms in total. The summed E-state index contributed by atoms with van der Waals surface area (Å²) in [7, 11) is 0. The van der Waals surface area contributed by atoms with E-state index in [1.807, 2.05) is 6.08 Å². The summed E-state index contributed by atoms with van der Waals surface area (Å²) in [6, 6.07) is -0.632. The third-order valence-electron chi connectivity index (χ3n) is 14.1. The molecule has 0 aliphatic heterocycles. The number of unbranched alkanes of at least 4 members (excludes halogenated alkanes) is 40. The highest BCUT2D eigenvalue weighted by atomic mass is 16.5. The number of aliphatic hydroxyl groups excluding tert-OH is 2. The molecule has 0 rings (SSSR count). The number of carbonyl (C=O) groups excluding carboxylic acids is 2. The number of rotatable bonds is 57. The Morgan fingerprint density at radius 1 is 0.400 bits per heavy atom. The molecule has 0 spiro atoms. The van der Waals surface area contributed by atoms with Gasteiger partial charge in [-0.3, -0.25) is 9.59 Å². The van der Waals surface area contributed by atoms with Crippen LogP contribution < -0.4 is 5.32 Å². The lowest BCUT2D eigenvalue weighted by molar-refractivity contribution is -0.143. The molecule has 0 aromatic heterocycles. The van der Waals surface area contributed by atoms with Crippen LogP contribution >= 0.6 is 0 Å². The highest BCUT2D eigenvalue weighted by molar-refractivity contribution is 5.76. The molecule has 0 aliphatic carbocycles. The summed E-state index contributed by atoms with van der Waals surface area (Å²) >= 11 is 0. The maximum atomic E-state index is 12.5. The minimum atomic E-state index is -0.848. The fraction of sp³-hybridized carbons (Fsp3) is 0.844. The van der Waals surface area contributed by atoms with Gasteiger partial charge in [0.15, 0.2) is 0 Å². The average Bonchev–Trinajstić information content (AvgIpc) is 3.36. The highest BCUT2D eigenvalue weighted by Crippen LogP contribution is 2.16. The van der Waals surface area contributed by atoms with Gasteiger partial charge >= 0.3 is 5.97 Å². The molecule has 0 heterocycles. The Labute approximate surface area is 436 Å². The van der Waals surface area contributed by atoms with E-state index < -0.39 is 12.1 Å². The fourth-order valence-corrected chi connectivity index (χ4v) is 9.29. The number of carbonyl (C=O) groups is 2. The van der Waals surface area contributed by atoms with Crippen molar-refractivity contribution in [2.24, 2.45) is 0 Å². The Kier molecular flexibility index (Phi) is 57.5. The van der Waals surface area contributed by atoms with Gasteiger partial charge in [-0.25, -0.2) is 0 Å². The predicted octanol–water partition coefficient (Wildman–Crippen LogP) is 19.4. The summed E-state index contributed by atoms with van der Waals surface area (Å²) in [6.45, 7) is 4.86. The van der Waals surface area contributed by atoms with E-state index in [2.05, 4.69) is 55.6 Å². The van der Waals surface area contributed by atoms with Crippen molar-refractivity contribution in [2.75, 3.05) is 13.2 Å². The van der Waals surface area contributed by atoms with E-state index >= 15 is 0 Å². The van der Waals surface area contributed by atoms with Crippen molar-refractivity contribution in [1.82, 2.24) is 5.32 Å². The van der Waals surface area contributed by atoms with E-state index in [1.54, 1.807) is 6.08 Å². The standard InChI is InChI=1S/C64H119NO5/c1-3-5-7-9-11-13-15-17-29-32-36-40-44-48-52-56-62(67)61(60-66)65-63(68)57-53-49-45-41-37-33-30-27-25-23-21-19-20-22-24-26-28-31-35-39-43-47-51-55-59-70-64(69)58-54-50-46-42-38-34-18-16-14-12-10-8-6-4-2/h10,12,16,18,21,23,52,56,61-62,66-67H,3-9,11,13-15,17,19-20,22,24-51,53-55,57-60H2,1-2H3,(H,65,68)/b12-10-,18-16-,23-21-,56-52+. The van der Waals surface area contributed by atoms with E-state index in [4.69, 9.17) is 4.74 Å². The van der Waals surface area contributed by atoms with Crippen LogP contribution in [0.5, 0.6) is 0 Å². The quantitative estimate of drug-likeness (QED) is 0.0321. The summed E-state index contributed by atoms with van der Waals surface area (Å²) in [5, 5.41) is 23.1. The summed E-state index contributed by atoms with van der Waals surface area (Å²) in [6.07, 6.45) is 75.8. The molecule has 70 heavy (non-hydrogen) atoms. The van der Waals surface area contributed by atoms with Crippen molar-refractivity contribution in [1.29, 1.82) is 0 Å². The number of ether oxygens (including phenoxy) is 1. The molecule has 0 aromatic carbocycles. The maximum absolute atomic E-state index is 12.5. The van der Waals surface area contributed by atoms with E-state index in [0.717, 1.165) is 51.4 Å². The van der Waals surface area contributed by atoms with Crippen molar-refractivity contribution in [2.45, 2.75) is 334 Å². The Morgan fingerprint density at radius 2 is 0.729 bits per heavy atom. The fourth-order valence-electron chi connectivity index (χ4n) is 9.29. The van der Waals surface area contributed by atoms with Crippen LogP contribution in [0.4, 0.5) is 0 Å². The molecule has 3 N–H and O–H groups in total. The number of hydrogen-bond donors (Lipinski definition) is 3. The van der Waals surface area contributed by atoms with E-state index in [9.17, 15) is 19.8 Å². The lowest BCUT2D eigenvalue weighted by Gasteiger charge is -2.20. The summed E-state index contributed by atoms with van der Waals surface area (Å²) in [5.74, 6) is -0.0751. The van der Waals surface area contributed by atoms with Crippen LogP contribution in [0.1, 0.15) is 322 Å². The van der Waals surface area contributed by atoms with E-state index in [0.29, 0.717) is 19.4 Å². The second-order valence-electron chi connectivity index (χ2n) is 21.0. The van der Waals surface area contributed by atoms with Crippen LogP contribution in [0, 0.1) is 0 Å². The van der Waals surface area contributed by atoms with Crippen molar-refractivity contribution in [3.63, 3.8) is 0 Å². The second kappa shape index (κ2) is 59.4. The molecule has 0 fully saturated rings. The first-order chi connectivity index (χ1) is 34.5. The summed E-state index contributed by atoms with van der Waals surface area (Å²) in [5.41, 5.74) is 0. The molecule has 1 amide bonds. The van der Waals surface area contributed by atoms with Crippen LogP contribution in [0.3, 0.4) is 0 Å². The first-order valence-electron chi connectivity index (χ1n) is 30.9. The first kappa shape index (κ1) is 67.8. The summed E-state index contributed by atoms with van der Waals surface area (Å²) in [4.78, 5) is 24.5. The van der Waals surface area contributed by atoms with Gasteiger partial charge in [0.2, 0.25) is 5.91 Å². The van der Waals surface area contributed by atoms with Gasteiger partial charge in [-0.2, -0.15) is 0 Å². The van der Waals surface area contributed by atoms with Gasteiger partial charge in [0.05, 0.1) is 25.4 Å². The van der Waals surface area contributed by atoms with Gasteiger partial charge in [-0.1, -0.05) is 274 Å². The Hall–Kier alpha value is -2.18. The largest absolute Gasteiger partial charge is 0.466 e. The topological polar surface area (TPSA) is 95.9 Å². The van der Waals surface area contributed by atoms with Gasteiger partial charge in [0.1, 0.15) is 0 Å². The monoisotopic (exact) mass is 982 g/mol. The van der Waals surface area contributed by atoms with Crippen LogP contribution in [0.15, 0.2) is 48.6 Å².